The average Bonchev–Trinajstić information content (AvgIpc) is 2.80. The van der Waals surface area contributed by atoms with Crippen molar-refractivity contribution in [1.82, 2.24) is 20.1 Å². The molecule has 130 valence electrons. The monoisotopic (exact) mass is 346 g/mol. The Morgan fingerprint density at radius 2 is 2.04 bits per heavy atom. The molecule has 6 nitrogen and oxygen atoms in total. The Morgan fingerprint density at radius 3 is 2.72 bits per heavy atom. The van der Waals surface area contributed by atoms with Crippen molar-refractivity contribution in [3.8, 4) is 0 Å². The van der Waals surface area contributed by atoms with E-state index in [2.05, 4.69) is 15.4 Å². The minimum Gasteiger partial charge on any atom is -0.345 e. The first-order valence-corrected chi connectivity index (χ1v) is 7.60. The second-order valence-electron chi connectivity index (χ2n) is 5.87. The zero-order valence-corrected chi connectivity index (χ0v) is 13.9. The second kappa shape index (κ2) is 6.12. The van der Waals surface area contributed by atoms with Crippen molar-refractivity contribution < 1.29 is 13.6 Å². The van der Waals surface area contributed by atoms with E-state index in [4.69, 9.17) is 0 Å². The zero-order chi connectivity index (χ0) is 18.3. The Morgan fingerprint density at radius 1 is 1.32 bits per heavy atom. The Labute approximate surface area is 141 Å². The third-order valence-corrected chi connectivity index (χ3v) is 3.96. The van der Waals surface area contributed by atoms with E-state index in [0.717, 1.165) is 12.1 Å². The van der Waals surface area contributed by atoms with E-state index in [1.54, 1.807) is 20.9 Å². The largest absolute Gasteiger partial charge is 0.345 e. The van der Waals surface area contributed by atoms with Crippen LogP contribution in [-0.2, 0) is 7.05 Å². The van der Waals surface area contributed by atoms with Gasteiger partial charge in [0.25, 0.3) is 11.5 Å². The third-order valence-electron chi connectivity index (χ3n) is 3.96. The van der Waals surface area contributed by atoms with Crippen LogP contribution in [0.2, 0.25) is 0 Å². The van der Waals surface area contributed by atoms with Crippen molar-refractivity contribution in [2.45, 2.75) is 19.9 Å². The predicted octanol–water partition coefficient (Wildman–Crippen LogP) is 2.34. The van der Waals surface area contributed by atoms with E-state index in [0.29, 0.717) is 11.3 Å². The lowest BCUT2D eigenvalue weighted by atomic mass is 10.1. The number of hydrogen-bond acceptors (Lipinski definition) is 3. The first-order valence-electron chi connectivity index (χ1n) is 7.60. The zero-order valence-electron chi connectivity index (χ0n) is 13.9. The summed E-state index contributed by atoms with van der Waals surface area (Å²) in [4.78, 5) is 29.0. The molecule has 0 aliphatic carbocycles. The van der Waals surface area contributed by atoms with Crippen LogP contribution in [0.15, 0.2) is 29.1 Å². The molecule has 3 rings (SSSR count). The number of pyridine rings is 1. The van der Waals surface area contributed by atoms with Crippen molar-refractivity contribution >= 4 is 16.9 Å². The summed E-state index contributed by atoms with van der Waals surface area (Å²) in [5, 5.41) is 5.36. The predicted molar refractivity (Wildman–Crippen MR) is 88.3 cm³/mol. The Bertz CT molecular complexity index is 1040. The van der Waals surface area contributed by atoms with Gasteiger partial charge in [-0.25, -0.2) is 13.8 Å². The van der Waals surface area contributed by atoms with Crippen LogP contribution in [0.3, 0.4) is 0 Å². The number of benzene rings is 1. The van der Waals surface area contributed by atoms with Gasteiger partial charge in [-0.15, -0.1) is 0 Å². The third kappa shape index (κ3) is 3.02. The molecule has 1 atom stereocenters. The summed E-state index contributed by atoms with van der Waals surface area (Å²) in [5.74, 6) is -1.98. The number of aromatic amines is 1. The van der Waals surface area contributed by atoms with E-state index >= 15 is 0 Å². The van der Waals surface area contributed by atoms with E-state index in [-0.39, 0.29) is 16.5 Å². The summed E-state index contributed by atoms with van der Waals surface area (Å²) in [5.41, 5.74) is 0.789. The van der Waals surface area contributed by atoms with Gasteiger partial charge in [0.1, 0.15) is 11.6 Å². The van der Waals surface area contributed by atoms with E-state index in [1.807, 2.05) is 0 Å². The lowest BCUT2D eigenvalue weighted by molar-refractivity contribution is 0.0941. The molecular weight excluding hydrogens is 330 g/mol. The van der Waals surface area contributed by atoms with Crippen LogP contribution < -0.4 is 10.9 Å². The van der Waals surface area contributed by atoms with E-state index in [9.17, 15) is 18.4 Å². The molecule has 0 radical (unpaired) electrons. The molecule has 1 unspecified atom stereocenters. The average molecular weight is 346 g/mol. The second-order valence-corrected chi connectivity index (χ2v) is 5.87. The number of aryl methyl sites for hydroxylation is 2. The number of carbonyl (C=O) groups is 1. The molecule has 0 spiro atoms. The fourth-order valence-electron chi connectivity index (χ4n) is 2.77. The Balaban J connectivity index is 1.99. The van der Waals surface area contributed by atoms with Crippen molar-refractivity contribution in [3.63, 3.8) is 0 Å². The molecule has 2 N–H and O–H groups in total. The normalized spacial score (nSPS) is 12.4. The van der Waals surface area contributed by atoms with Crippen LogP contribution in [0.4, 0.5) is 8.78 Å². The summed E-state index contributed by atoms with van der Waals surface area (Å²) < 4.78 is 28.3. The first kappa shape index (κ1) is 16.8. The molecule has 8 heteroatoms. The minimum absolute atomic E-state index is 0.152. The van der Waals surface area contributed by atoms with Gasteiger partial charge in [-0.1, -0.05) is 6.07 Å². The highest BCUT2D eigenvalue weighted by Crippen LogP contribution is 2.20. The lowest BCUT2D eigenvalue weighted by Crippen LogP contribution is -2.28. The SMILES string of the molecule is Cc1cc(C(=O)NC(C)c2ccc(F)cc2F)c2c(=O)[nH]n(C)c2n1. The number of halogens is 2. The molecule has 1 amide bonds. The Hall–Kier alpha value is -3.03. The molecular formula is C17H16F2N4O2. The van der Waals surface area contributed by atoms with E-state index in [1.165, 1.54) is 16.8 Å². The lowest BCUT2D eigenvalue weighted by Gasteiger charge is -2.15. The molecule has 2 aromatic heterocycles. The fourth-order valence-corrected chi connectivity index (χ4v) is 2.77. The van der Waals surface area contributed by atoms with Gasteiger partial charge in [-0.2, -0.15) is 0 Å². The van der Waals surface area contributed by atoms with Gasteiger partial charge in [0.2, 0.25) is 0 Å². The van der Waals surface area contributed by atoms with Gasteiger partial charge < -0.3 is 5.32 Å². The summed E-state index contributed by atoms with van der Waals surface area (Å²) in [6.07, 6.45) is 0. The van der Waals surface area contributed by atoms with Gasteiger partial charge in [0.05, 0.1) is 17.0 Å². The maximum absolute atomic E-state index is 13.9. The van der Waals surface area contributed by atoms with Gasteiger partial charge >= 0.3 is 0 Å². The molecule has 1 aromatic carbocycles. The molecule has 25 heavy (non-hydrogen) atoms. The first-order chi connectivity index (χ1) is 11.8. The summed E-state index contributed by atoms with van der Waals surface area (Å²) in [6.45, 7) is 3.28. The molecule has 0 saturated heterocycles. The maximum Gasteiger partial charge on any atom is 0.274 e. The number of H-pyrrole nitrogens is 1. The van der Waals surface area contributed by atoms with Gasteiger partial charge in [-0.05, 0) is 26.0 Å². The number of nitrogens with one attached hydrogen (secondary N) is 2. The summed E-state index contributed by atoms with van der Waals surface area (Å²) in [7, 11) is 1.62. The molecule has 3 aromatic rings. The van der Waals surface area contributed by atoms with Crippen molar-refractivity contribution in [2.75, 3.05) is 0 Å². The fraction of sp³-hybridized carbons (Fsp3) is 0.235. The summed E-state index contributed by atoms with van der Waals surface area (Å²) >= 11 is 0. The van der Waals surface area contributed by atoms with Crippen molar-refractivity contribution in [2.24, 2.45) is 7.05 Å². The van der Waals surface area contributed by atoms with Crippen LogP contribution >= 0.6 is 0 Å². The van der Waals surface area contributed by atoms with Gasteiger partial charge in [0, 0.05) is 24.4 Å². The maximum atomic E-state index is 13.9. The van der Waals surface area contributed by atoms with Crippen LogP contribution in [0.25, 0.3) is 11.0 Å². The molecule has 0 aliphatic rings. The summed E-state index contributed by atoms with van der Waals surface area (Å²) in [6, 6.07) is 3.95. The number of amides is 1. The highest BCUT2D eigenvalue weighted by atomic mass is 19.1. The number of fused-ring (bicyclic) bond motifs is 1. The number of carbonyl (C=O) groups excluding carboxylic acids is 1. The van der Waals surface area contributed by atoms with E-state index < -0.39 is 29.1 Å². The van der Waals surface area contributed by atoms with Crippen molar-refractivity contribution in [3.05, 3.63) is 63.1 Å². The van der Waals surface area contributed by atoms with Crippen LogP contribution in [-0.4, -0.2) is 20.7 Å². The molecule has 0 bridgehead atoms. The van der Waals surface area contributed by atoms with Crippen LogP contribution in [0, 0.1) is 18.6 Å². The quantitative estimate of drug-likeness (QED) is 0.764. The topological polar surface area (TPSA) is 79.8 Å². The highest BCUT2D eigenvalue weighted by molar-refractivity contribution is 6.05. The van der Waals surface area contributed by atoms with Crippen LogP contribution in [0.5, 0.6) is 0 Å². The number of hydrogen-bond donors (Lipinski definition) is 2. The molecule has 2 heterocycles. The smallest absolute Gasteiger partial charge is 0.274 e. The highest BCUT2D eigenvalue weighted by Gasteiger charge is 2.20. The molecule has 0 saturated carbocycles. The standard InChI is InChI=1S/C17H16F2N4O2/c1-8-6-12(14-15(20-8)23(3)22-17(14)25)16(24)21-9(2)11-5-4-10(18)7-13(11)19/h4-7,9H,1-3H3,(H,21,24)(H,22,25). The van der Waals surface area contributed by atoms with Gasteiger partial charge in [-0.3, -0.25) is 19.4 Å². The number of nitrogens with zero attached hydrogens (tertiary/aromatic N) is 2. The minimum atomic E-state index is -0.749. The molecule has 0 fully saturated rings. The van der Waals surface area contributed by atoms with Gasteiger partial charge in [0.15, 0.2) is 5.65 Å². The number of aromatic nitrogens is 3. The molecule has 0 aliphatic heterocycles. The number of rotatable bonds is 3. The Kier molecular flexibility index (Phi) is 4.12. The van der Waals surface area contributed by atoms with Crippen molar-refractivity contribution in [1.29, 1.82) is 0 Å². The van der Waals surface area contributed by atoms with Crippen LogP contribution in [0.1, 0.15) is 34.6 Å².